The van der Waals surface area contributed by atoms with E-state index in [1.165, 1.54) is 0 Å². The van der Waals surface area contributed by atoms with E-state index in [0.29, 0.717) is 12.1 Å². The lowest BCUT2D eigenvalue weighted by atomic mass is 9.90. The lowest BCUT2D eigenvalue weighted by Gasteiger charge is -2.27. The molecule has 0 aliphatic carbocycles. The number of hydrogen-bond acceptors (Lipinski definition) is 3. The van der Waals surface area contributed by atoms with Crippen molar-refractivity contribution in [1.82, 2.24) is 10.6 Å². The number of carbonyl (C=O) groups excluding carboxylic acids is 2. The molecule has 2 amide bonds. The lowest BCUT2D eigenvalue weighted by Crippen LogP contribution is -2.43. The van der Waals surface area contributed by atoms with Crippen LogP contribution in [0.2, 0.25) is 0 Å². The second-order valence-electron chi connectivity index (χ2n) is 5.64. The monoisotopic (exact) mass is 309 g/mol. The summed E-state index contributed by atoms with van der Waals surface area (Å²) in [6, 6.07) is 16.1. The number of benzene rings is 2. The van der Waals surface area contributed by atoms with Crippen LogP contribution in [0.5, 0.6) is 0 Å². The fourth-order valence-electron chi connectivity index (χ4n) is 2.94. The maximum absolute atomic E-state index is 12.7. The van der Waals surface area contributed by atoms with Crippen LogP contribution in [-0.4, -0.2) is 18.4 Å². The number of carbonyl (C=O) groups is 2. The van der Waals surface area contributed by atoms with E-state index in [1.54, 1.807) is 12.1 Å². The second-order valence-corrected chi connectivity index (χ2v) is 5.64. The molecule has 0 bridgehead atoms. The van der Waals surface area contributed by atoms with Crippen LogP contribution in [0.15, 0.2) is 54.6 Å². The molecule has 0 spiro atoms. The van der Waals surface area contributed by atoms with Gasteiger partial charge in [-0.25, -0.2) is 0 Å². The van der Waals surface area contributed by atoms with Crippen molar-refractivity contribution in [2.75, 3.05) is 6.54 Å². The molecule has 1 heterocycles. The Hall–Kier alpha value is -2.66. The minimum Gasteiger partial charge on any atom is -0.368 e. The Bertz CT molecular complexity index is 715. The van der Waals surface area contributed by atoms with Gasteiger partial charge in [0.15, 0.2) is 0 Å². The molecule has 0 aromatic heterocycles. The Morgan fingerprint density at radius 2 is 1.78 bits per heavy atom. The molecule has 118 valence electrons. The third kappa shape index (κ3) is 3.24. The molecule has 1 aliphatic rings. The average molecular weight is 309 g/mol. The molecule has 4 N–H and O–H groups in total. The minimum atomic E-state index is -0.821. The van der Waals surface area contributed by atoms with Crippen LogP contribution in [0.25, 0.3) is 0 Å². The van der Waals surface area contributed by atoms with Gasteiger partial charge in [0.05, 0.1) is 5.92 Å². The molecule has 2 unspecified atom stereocenters. The predicted octanol–water partition coefficient (Wildman–Crippen LogP) is 1.22. The Morgan fingerprint density at radius 3 is 2.52 bits per heavy atom. The maximum atomic E-state index is 12.7. The number of rotatable bonds is 4. The van der Waals surface area contributed by atoms with Gasteiger partial charge in [-0.3, -0.25) is 9.59 Å². The fourth-order valence-corrected chi connectivity index (χ4v) is 2.94. The molecule has 0 saturated carbocycles. The average Bonchev–Trinajstić information content (AvgIpc) is 2.59. The van der Waals surface area contributed by atoms with E-state index in [9.17, 15) is 9.59 Å². The van der Waals surface area contributed by atoms with Gasteiger partial charge in [0.1, 0.15) is 6.04 Å². The summed E-state index contributed by atoms with van der Waals surface area (Å²) in [6.45, 7) is 1.29. The lowest BCUT2D eigenvalue weighted by molar-refractivity contribution is -0.128. The summed E-state index contributed by atoms with van der Waals surface area (Å²) in [6.07, 6.45) is 0. The predicted molar refractivity (Wildman–Crippen MR) is 87.4 cm³/mol. The molecule has 1 aliphatic heterocycles. The van der Waals surface area contributed by atoms with Gasteiger partial charge < -0.3 is 16.4 Å². The van der Waals surface area contributed by atoms with Crippen LogP contribution in [0.3, 0.4) is 0 Å². The molecule has 23 heavy (non-hydrogen) atoms. The van der Waals surface area contributed by atoms with Crippen LogP contribution in [0.4, 0.5) is 0 Å². The van der Waals surface area contributed by atoms with Crippen molar-refractivity contribution in [2.24, 2.45) is 5.73 Å². The van der Waals surface area contributed by atoms with Gasteiger partial charge in [-0.15, -0.1) is 0 Å². The number of fused-ring (bicyclic) bond motifs is 1. The number of nitrogens with one attached hydrogen (secondary N) is 2. The Morgan fingerprint density at radius 1 is 1.09 bits per heavy atom. The summed E-state index contributed by atoms with van der Waals surface area (Å²) >= 11 is 0. The van der Waals surface area contributed by atoms with E-state index in [4.69, 9.17) is 5.73 Å². The van der Waals surface area contributed by atoms with Crippen molar-refractivity contribution in [3.05, 3.63) is 71.3 Å². The van der Waals surface area contributed by atoms with Crippen LogP contribution >= 0.6 is 0 Å². The molecule has 5 nitrogen and oxygen atoms in total. The molecular weight excluding hydrogens is 290 g/mol. The van der Waals surface area contributed by atoms with Crippen molar-refractivity contribution in [1.29, 1.82) is 0 Å². The highest BCUT2D eigenvalue weighted by molar-refractivity contribution is 5.91. The van der Waals surface area contributed by atoms with Gasteiger partial charge in [-0.05, 0) is 16.7 Å². The van der Waals surface area contributed by atoms with E-state index < -0.39 is 11.9 Å². The summed E-state index contributed by atoms with van der Waals surface area (Å²) < 4.78 is 0. The third-order valence-electron chi connectivity index (χ3n) is 4.11. The third-order valence-corrected chi connectivity index (χ3v) is 4.11. The first-order valence-electron chi connectivity index (χ1n) is 7.60. The molecule has 2 aromatic rings. The first kappa shape index (κ1) is 15.2. The number of amides is 2. The first-order valence-corrected chi connectivity index (χ1v) is 7.60. The summed E-state index contributed by atoms with van der Waals surface area (Å²) in [5, 5.41) is 6.03. The number of primary amides is 1. The molecule has 3 rings (SSSR count). The molecule has 2 aromatic carbocycles. The maximum Gasteiger partial charge on any atom is 0.244 e. The highest BCUT2D eigenvalue weighted by Crippen LogP contribution is 2.25. The highest BCUT2D eigenvalue weighted by atomic mass is 16.2. The van der Waals surface area contributed by atoms with Crippen molar-refractivity contribution in [3.8, 4) is 0 Å². The molecular formula is C18H19N3O2. The van der Waals surface area contributed by atoms with E-state index in [1.807, 2.05) is 42.5 Å². The Balaban J connectivity index is 1.82. The van der Waals surface area contributed by atoms with Crippen molar-refractivity contribution in [2.45, 2.75) is 18.5 Å². The van der Waals surface area contributed by atoms with Gasteiger partial charge in [0.25, 0.3) is 0 Å². The van der Waals surface area contributed by atoms with Crippen LogP contribution in [-0.2, 0) is 16.1 Å². The zero-order chi connectivity index (χ0) is 16.2. The largest absolute Gasteiger partial charge is 0.368 e. The van der Waals surface area contributed by atoms with E-state index in [0.717, 1.165) is 17.7 Å². The smallest absolute Gasteiger partial charge is 0.244 e. The fraction of sp³-hybridized carbons (Fsp3) is 0.222. The quantitative estimate of drug-likeness (QED) is 0.794. The Kier molecular flexibility index (Phi) is 4.39. The second kappa shape index (κ2) is 6.62. The Labute approximate surface area is 134 Å². The zero-order valence-corrected chi connectivity index (χ0v) is 12.7. The van der Waals surface area contributed by atoms with Gasteiger partial charge >= 0.3 is 0 Å². The first-order chi connectivity index (χ1) is 11.2. The standard InChI is InChI=1S/C18H19N3O2/c19-17(22)16(12-6-2-1-3-7-12)21-18(23)15-11-20-10-13-8-4-5-9-14(13)15/h1-9,15-16,20H,10-11H2,(H2,19,22)(H,21,23). The summed E-state index contributed by atoms with van der Waals surface area (Å²) in [7, 11) is 0. The molecule has 0 radical (unpaired) electrons. The normalized spacial score (nSPS) is 17.8. The van der Waals surface area contributed by atoms with E-state index >= 15 is 0 Å². The van der Waals surface area contributed by atoms with Crippen LogP contribution in [0.1, 0.15) is 28.7 Å². The molecule has 0 saturated heterocycles. The SMILES string of the molecule is NC(=O)C(NC(=O)C1CNCc2ccccc21)c1ccccc1. The van der Waals surface area contributed by atoms with E-state index in [-0.39, 0.29) is 11.8 Å². The molecule has 0 fully saturated rings. The van der Waals surface area contributed by atoms with E-state index in [2.05, 4.69) is 10.6 Å². The minimum absolute atomic E-state index is 0.197. The van der Waals surface area contributed by atoms with Gasteiger partial charge in [-0.2, -0.15) is 0 Å². The zero-order valence-electron chi connectivity index (χ0n) is 12.7. The topological polar surface area (TPSA) is 84.2 Å². The number of nitrogens with two attached hydrogens (primary N) is 1. The van der Waals surface area contributed by atoms with Crippen LogP contribution < -0.4 is 16.4 Å². The van der Waals surface area contributed by atoms with Gasteiger partial charge in [0, 0.05) is 13.1 Å². The molecule has 2 atom stereocenters. The summed E-state index contributed by atoms with van der Waals surface area (Å²) in [4.78, 5) is 24.4. The van der Waals surface area contributed by atoms with Crippen molar-refractivity contribution >= 4 is 11.8 Å². The number of hydrogen-bond donors (Lipinski definition) is 3. The van der Waals surface area contributed by atoms with Gasteiger partial charge in [-0.1, -0.05) is 54.6 Å². The van der Waals surface area contributed by atoms with Gasteiger partial charge in [0.2, 0.25) is 11.8 Å². The summed E-state index contributed by atoms with van der Waals surface area (Å²) in [5.41, 5.74) is 8.26. The van der Waals surface area contributed by atoms with Crippen molar-refractivity contribution < 1.29 is 9.59 Å². The highest BCUT2D eigenvalue weighted by Gasteiger charge is 2.29. The van der Waals surface area contributed by atoms with Crippen LogP contribution in [0, 0.1) is 0 Å². The molecule has 5 heteroatoms. The summed E-state index contributed by atoms with van der Waals surface area (Å²) in [5.74, 6) is -1.09. The van der Waals surface area contributed by atoms with Crippen molar-refractivity contribution in [3.63, 3.8) is 0 Å².